The lowest BCUT2D eigenvalue weighted by Crippen LogP contribution is -2.31. The minimum Gasteiger partial charge on any atom is -0.484 e. The van der Waals surface area contributed by atoms with Gasteiger partial charge >= 0.3 is 0 Å². The summed E-state index contributed by atoms with van der Waals surface area (Å²) in [6, 6.07) is 6.89. The Morgan fingerprint density at radius 3 is 2.70 bits per heavy atom. The van der Waals surface area contributed by atoms with E-state index in [4.69, 9.17) is 10.5 Å². The maximum Gasteiger partial charge on any atom is 0.260 e. The quantitative estimate of drug-likeness (QED) is 0.784. The van der Waals surface area contributed by atoms with Crippen LogP contribution in [0.1, 0.15) is 11.6 Å². The first-order valence-corrected chi connectivity index (χ1v) is 6.15. The van der Waals surface area contributed by atoms with Gasteiger partial charge in [0, 0.05) is 12.7 Å². The number of amides is 1. The molecule has 0 saturated carbocycles. The molecule has 3 N–H and O–H groups in total. The van der Waals surface area contributed by atoms with Crippen LogP contribution in [0.4, 0.5) is 5.69 Å². The predicted octanol–water partition coefficient (Wildman–Crippen LogP) is 0.733. The number of H-pyrrole nitrogens is 1. The lowest BCUT2D eigenvalue weighted by Gasteiger charge is -2.15. The zero-order valence-electron chi connectivity index (χ0n) is 11.5. The highest BCUT2D eigenvalue weighted by Crippen LogP contribution is 2.13. The summed E-state index contributed by atoms with van der Waals surface area (Å²) in [5.41, 5.74) is 6.22. The van der Waals surface area contributed by atoms with Crippen LogP contribution < -0.4 is 10.5 Å². The molecule has 1 aromatic heterocycles. The van der Waals surface area contributed by atoms with Crippen molar-refractivity contribution in [2.45, 2.75) is 13.5 Å². The number of carbonyl (C=O) groups excluding carboxylic acids is 1. The highest BCUT2D eigenvalue weighted by Gasteiger charge is 2.12. The van der Waals surface area contributed by atoms with E-state index in [1.54, 1.807) is 31.3 Å². The molecule has 0 aliphatic rings. The number of nitrogens with one attached hydrogen (secondary N) is 1. The van der Waals surface area contributed by atoms with Crippen molar-refractivity contribution in [3.05, 3.63) is 35.9 Å². The standard InChI is InChI=1S/C13H17N5O2/c1-9-15-12(17-16-9)7-18(2)13(19)8-20-11-5-3-10(14)4-6-11/h3-6H,7-8,14H2,1-2H3,(H,15,16,17). The molecule has 2 aromatic rings. The van der Waals surface area contributed by atoms with E-state index in [1.165, 1.54) is 4.90 Å². The number of aromatic amines is 1. The van der Waals surface area contributed by atoms with E-state index < -0.39 is 0 Å². The number of aryl methyl sites for hydroxylation is 1. The summed E-state index contributed by atoms with van der Waals surface area (Å²) in [7, 11) is 1.68. The molecule has 2 rings (SSSR count). The van der Waals surface area contributed by atoms with Crippen LogP contribution in [0.5, 0.6) is 5.75 Å². The lowest BCUT2D eigenvalue weighted by molar-refractivity contribution is -0.132. The summed E-state index contributed by atoms with van der Waals surface area (Å²) in [5.74, 6) is 1.75. The molecule has 106 valence electrons. The number of nitrogens with zero attached hydrogens (tertiary/aromatic N) is 3. The molecule has 0 radical (unpaired) electrons. The van der Waals surface area contributed by atoms with Crippen LogP contribution in [0, 0.1) is 6.92 Å². The van der Waals surface area contributed by atoms with Gasteiger partial charge in [-0.1, -0.05) is 0 Å². The van der Waals surface area contributed by atoms with Crippen LogP contribution >= 0.6 is 0 Å². The van der Waals surface area contributed by atoms with E-state index >= 15 is 0 Å². The van der Waals surface area contributed by atoms with Gasteiger partial charge in [-0.2, -0.15) is 5.10 Å². The van der Waals surface area contributed by atoms with E-state index in [2.05, 4.69) is 15.2 Å². The molecule has 0 aliphatic carbocycles. The summed E-state index contributed by atoms with van der Waals surface area (Å²) < 4.78 is 5.39. The average molecular weight is 275 g/mol. The number of ether oxygens (including phenoxy) is 1. The highest BCUT2D eigenvalue weighted by atomic mass is 16.5. The minimum atomic E-state index is -0.149. The van der Waals surface area contributed by atoms with Gasteiger partial charge in [0.25, 0.3) is 5.91 Å². The van der Waals surface area contributed by atoms with Gasteiger partial charge < -0.3 is 15.4 Å². The largest absolute Gasteiger partial charge is 0.484 e. The van der Waals surface area contributed by atoms with E-state index in [9.17, 15) is 4.79 Å². The van der Waals surface area contributed by atoms with Crippen LogP contribution in [0.15, 0.2) is 24.3 Å². The van der Waals surface area contributed by atoms with Gasteiger partial charge in [-0.25, -0.2) is 4.98 Å². The van der Waals surface area contributed by atoms with Gasteiger partial charge in [0.15, 0.2) is 12.4 Å². The fourth-order valence-electron chi connectivity index (χ4n) is 1.58. The van der Waals surface area contributed by atoms with Crippen molar-refractivity contribution >= 4 is 11.6 Å². The summed E-state index contributed by atoms with van der Waals surface area (Å²) >= 11 is 0. The molecule has 7 heteroatoms. The number of hydrogen-bond acceptors (Lipinski definition) is 5. The number of carbonyl (C=O) groups is 1. The molecule has 1 aromatic carbocycles. The third-order valence-corrected chi connectivity index (χ3v) is 2.69. The van der Waals surface area contributed by atoms with Crippen molar-refractivity contribution in [2.24, 2.45) is 0 Å². The van der Waals surface area contributed by atoms with E-state index in [-0.39, 0.29) is 12.5 Å². The topological polar surface area (TPSA) is 97.1 Å². The predicted molar refractivity (Wildman–Crippen MR) is 73.9 cm³/mol. The minimum absolute atomic E-state index is 0.0379. The van der Waals surface area contributed by atoms with E-state index in [0.717, 1.165) is 5.82 Å². The molecule has 0 unspecified atom stereocenters. The molecule has 20 heavy (non-hydrogen) atoms. The fourth-order valence-corrected chi connectivity index (χ4v) is 1.58. The van der Waals surface area contributed by atoms with Crippen molar-refractivity contribution in [3.8, 4) is 5.75 Å². The fraction of sp³-hybridized carbons (Fsp3) is 0.308. The van der Waals surface area contributed by atoms with Gasteiger partial charge in [0.1, 0.15) is 11.6 Å². The number of likely N-dealkylation sites (N-methyl/N-ethyl adjacent to an activating group) is 1. The Kier molecular flexibility index (Phi) is 4.19. The molecule has 0 bridgehead atoms. The Labute approximate surface area is 116 Å². The van der Waals surface area contributed by atoms with Gasteiger partial charge in [0.05, 0.1) is 6.54 Å². The van der Waals surface area contributed by atoms with E-state index in [1.807, 2.05) is 6.92 Å². The Bertz CT molecular complexity index is 579. The molecular formula is C13H17N5O2. The smallest absolute Gasteiger partial charge is 0.260 e. The zero-order valence-corrected chi connectivity index (χ0v) is 11.5. The number of anilines is 1. The Hall–Kier alpha value is -2.57. The monoisotopic (exact) mass is 275 g/mol. The highest BCUT2D eigenvalue weighted by molar-refractivity contribution is 5.77. The Balaban J connectivity index is 1.83. The first-order chi connectivity index (χ1) is 9.54. The Morgan fingerprint density at radius 2 is 2.10 bits per heavy atom. The van der Waals surface area contributed by atoms with Crippen LogP contribution in [0.25, 0.3) is 0 Å². The zero-order chi connectivity index (χ0) is 14.5. The number of aromatic nitrogens is 3. The third kappa shape index (κ3) is 3.71. The second kappa shape index (κ2) is 6.05. The van der Waals surface area contributed by atoms with E-state index in [0.29, 0.717) is 23.8 Å². The van der Waals surface area contributed by atoms with Crippen LogP contribution in [-0.2, 0) is 11.3 Å². The van der Waals surface area contributed by atoms with Crippen LogP contribution in [-0.4, -0.2) is 39.6 Å². The van der Waals surface area contributed by atoms with Crippen molar-refractivity contribution in [1.82, 2.24) is 20.1 Å². The molecule has 0 fully saturated rings. The summed E-state index contributed by atoms with van der Waals surface area (Å²) in [5, 5.41) is 6.72. The van der Waals surface area contributed by atoms with Crippen molar-refractivity contribution in [2.75, 3.05) is 19.4 Å². The van der Waals surface area contributed by atoms with Gasteiger partial charge in [-0.05, 0) is 31.2 Å². The third-order valence-electron chi connectivity index (χ3n) is 2.69. The van der Waals surface area contributed by atoms with Gasteiger partial charge in [-0.3, -0.25) is 9.89 Å². The molecule has 1 amide bonds. The molecule has 0 saturated heterocycles. The molecule has 7 nitrogen and oxygen atoms in total. The van der Waals surface area contributed by atoms with Crippen LogP contribution in [0.3, 0.4) is 0 Å². The van der Waals surface area contributed by atoms with Gasteiger partial charge in [0.2, 0.25) is 0 Å². The maximum atomic E-state index is 11.9. The normalized spacial score (nSPS) is 10.3. The molecular weight excluding hydrogens is 258 g/mol. The Morgan fingerprint density at radius 1 is 1.40 bits per heavy atom. The molecule has 1 heterocycles. The number of benzene rings is 1. The second-order valence-corrected chi connectivity index (χ2v) is 4.44. The first-order valence-electron chi connectivity index (χ1n) is 6.15. The summed E-state index contributed by atoms with van der Waals surface area (Å²) in [6.45, 7) is 2.11. The first kappa shape index (κ1) is 13.9. The maximum absolute atomic E-state index is 11.9. The van der Waals surface area contributed by atoms with Crippen LogP contribution in [0.2, 0.25) is 0 Å². The number of hydrogen-bond donors (Lipinski definition) is 2. The van der Waals surface area contributed by atoms with Gasteiger partial charge in [-0.15, -0.1) is 0 Å². The average Bonchev–Trinajstić information content (AvgIpc) is 2.83. The van der Waals surface area contributed by atoms with Crippen molar-refractivity contribution < 1.29 is 9.53 Å². The summed E-state index contributed by atoms with van der Waals surface area (Å²) in [4.78, 5) is 17.6. The number of rotatable bonds is 5. The molecule has 0 aliphatic heterocycles. The summed E-state index contributed by atoms with van der Waals surface area (Å²) in [6.07, 6.45) is 0. The SMILES string of the molecule is Cc1nc(CN(C)C(=O)COc2ccc(N)cc2)n[nH]1. The van der Waals surface area contributed by atoms with Crippen molar-refractivity contribution in [3.63, 3.8) is 0 Å². The number of nitrogens with two attached hydrogens (primary N) is 1. The number of nitrogen functional groups attached to an aromatic ring is 1. The molecule has 0 spiro atoms. The molecule has 0 atom stereocenters. The second-order valence-electron chi connectivity index (χ2n) is 4.44. The van der Waals surface area contributed by atoms with Crippen molar-refractivity contribution in [1.29, 1.82) is 0 Å². The lowest BCUT2D eigenvalue weighted by atomic mass is 10.3.